The van der Waals surface area contributed by atoms with Crippen molar-refractivity contribution in [1.82, 2.24) is 9.38 Å². The zero-order chi connectivity index (χ0) is 17.6. The van der Waals surface area contributed by atoms with Crippen molar-refractivity contribution in [2.75, 3.05) is 5.32 Å². The quantitative estimate of drug-likeness (QED) is 0.707. The molecule has 0 fully saturated rings. The lowest BCUT2D eigenvalue weighted by molar-refractivity contribution is -0.120. The van der Waals surface area contributed by atoms with Crippen molar-refractivity contribution in [3.8, 4) is 0 Å². The molecule has 1 aliphatic carbocycles. The van der Waals surface area contributed by atoms with Crippen LogP contribution in [0.15, 0.2) is 36.5 Å². The van der Waals surface area contributed by atoms with Crippen LogP contribution in [0.3, 0.4) is 0 Å². The highest BCUT2D eigenvalue weighted by Crippen LogP contribution is 2.30. The number of anilines is 1. The van der Waals surface area contributed by atoms with Crippen LogP contribution in [0.1, 0.15) is 23.4 Å². The number of aryl methyl sites for hydroxylation is 2. The van der Waals surface area contributed by atoms with Crippen LogP contribution in [0.4, 0.5) is 5.69 Å². The van der Waals surface area contributed by atoms with Crippen molar-refractivity contribution in [2.24, 2.45) is 5.92 Å². The van der Waals surface area contributed by atoms with Gasteiger partial charge in [0.2, 0.25) is 5.91 Å². The maximum atomic E-state index is 12.7. The number of imidazole rings is 1. The molecular weight excluding hydrogens is 357 g/mol. The minimum atomic E-state index is -0.108. The number of aromatic nitrogens is 2. The summed E-state index contributed by atoms with van der Waals surface area (Å²) in [5, 5.41) is 3.95. The van der Waals surface area contributed by atoms with Crippen molar-refractivity contribution in [3.63, 3.8) is 0 Å². The Morgan fingerprint density at radius 2 is 2.12 bits per heavy atom. The number of pyridine rings is 1. The van der Waals surface area contributed by atoms with Crippen LogP contribution in [-0.2, 0) is 17.6 Å². The molecule has 0 spiro atoms. The molecular formula is C19H17Cl2N3O. The average Bonchev–Trinajstić information content (AvgIpc) is 2.95. The number of carbonyl (C=O) groups is 1. The summed E-state index contributed by atoms with van der Waals surface area (Å²) in [6.45, 7) is 2.06. The van der Waals surface area contributed by atoms with Crippen molar-refractivity contribution < 1.29 is 4.79 Å². The van der Waals surface area contributed by atoms with Gasteiger partial charge in [-0.15, -0.1) is 0 Å². The van der Waals surface area contributed by atoms with Gasteiger partial charge in [-0.05, 0) is 49.6 Å². The molecule has 1 aliphatic rings. The zero-order valence-electron chi connectivity index (χ0n) is 13.7. The molecule has 0 radical (unpaired) electrons. The molecule has 0 aliphatic heterocycles. The highest BCUT2D eigenvalue weighted by molar-refractivity contribution is 6.35. The lowest BCUT2D eigenvalue weighted by Gasteiger charge is -2.21. The molecule has 2 aromatic heterocycles. The smallest absolute Gasteiger partial charge is 0.227 e. The minimum absolute atomic E-state index is 0.0302. The summed E-state index contributed by atoms with van der Waals surface area (Å²) < 4.78 is 2.11. The molecule has 1 N–H and O–H groups in total. The minimum Gasteiger partial charge on any atom is -0.324 e. The summed E-state index contributed by atoms with van der Waals surface area (Å²) in [7, 11) is 0. The van der Waals surface area contributed by atoms with E-state index in [0.29, 0.717) is 22.2 Å². The fourth-order valence-corrected chi connectivity index (χ4v) is 3.70. The van der Waals surface area contributed by atoms with E-state index in [1.807, 2.05) is 6.07 Å². The van der Waals surface area contributed by atoms with Crippen molar-refractivity contribution in [2.45, 2.75) is 26.2 Å². The fourth-order valence-electron chi connectivity index (χ4n) is 3.36. The van der Waals surface area contributed by atoms with Crippen molar-refractivity contribution >= 4 is 40.4 Å². The molecule has 25 heavy (non-hydrogen) atoms. The lowest BCUT2D eigenvalue weighted by Crippen LogP contribution is -2.28. The van der Waals surface area contributed by atoms with Crippen molar-refractivity contribution in [3.05, 3.63) is 63.5 Å². The molecule has 4 nitrogen and oxygen atoms in total. The Hall–Kier alpha value is -2.04. The zero-order valence-corrected chi connectivity index (χ0v) is 15.2. The van der Waals surface area contributed by atoms with Gasteiger partial charge in [0, 0.05) is 29.3 Å². The topological polar surface area (TPSA) is 46.4 Å². The van der Waals surface area contributed by atoms with Gasteiger partial charge in [-0.25, -0.2) is 4.98 Å². The van der Waals surface area contributed by atoms with Gasteiger partial charge >= 0.3 is 0 Å². The standard InChI is InChI=1S/C19H17Cl2N3O/c1-11-2-7-18-22-15-6-3-12(8-17(15)24(18)10-11)19(25)23-16-9-13(20)4-5-14(16)21/h2,4-5,7,9-10,12H,3,6,8H2,1H3,(H,23,25). The Morgan fingerprint density at radius 1 is 1.28 bits per heavy atom. The maximum absolute atomic E-state index is 12.7. The van der Waals surface area contributed by atoms with E-state index in [4.69, 9.17) is 28.2 Å². The van der Waals surface area contributed by atoms with Gasteiger partial charge < -0.3 is 9.72 Å². The van der Waals surface area contributed by atoms with E-state index in [1.54, 1.807) is 18.2 Å². The van der Waals surface area contributed by atoms with E-state index < -0.39 is 0 Å². The van der Waals surface area contributed by atoms with Gasteiger partial charge in [0.1, 0.15) is 5.65 Å². The molecule has 1 aromatic carbocycles. The van der Waals surface area contributed by atoms with Gasteiger partial charge in [-0.3, -0.25) is 4.79 Å². The van der Waals surface area contributed by atoms with Crippen LogP contribution in [0.2, 0.25) is 10.0 Å². The summed E-state index contributed by atoms with van der Waals surface area (Å²) in [5.41, 5.74) is 4.89. The Kier molecular flexibility index (Phi) is 4.18. The van der Waals surface area contributed by atoms with Crippen LogP contribution in [0.25, 0.3) is 5.65 Å². The SMILES string of the molecule is Cc1ccc2nc3c(n2c1)CC(C(=O)Nc1cc(Cl)ccc1Cl)CC3. The molecule has 128 valence electrons. The summed E-state index contributed by atoms with van der Waals surface area (Å²) in [5.74, 6) is -0.139. The second-order valence-corrected chi connectivity index (χ2v) is 7.34. The number of amides is 1. The molecule has 0 bridgehead atoms. The number of halogens is 2. The van der Waals surface area contributed by atoms with Gasteiger partial charge in [-0.1, -0.05) is 29.3 Å². The molecule has 6 heteroatoms. The molecule has 0 saturated carbocycles. The predicted octanol–water partition coefficient (Wildman–Crippen LogP) is 4.69. The number of rotatable bonds is 2. The van der Waals surface area contributed by atoms with Crippen LogP contribution in [0, 0.1) is 12.8 Å². The molecule has 2 heterocycles. The molecule has 1 atom stereocenters. The van der Waals surface area contributed by atoms with Gasteiger partial charge in [0.15, 0.2) is 0 Å². The summed E-state index contributed by atoms with van der Waals surface area (Å²) >= 11 is 12.1. The number of fused-ring (bicyclic) bond motifs is 3. The lowest BCUT2D eigenvalue weighted by atomic mass is 9.89. The second kappa shape index (κ2) is 6.36. The Bertz CT molecular complexity index is 980. The molecule has 1 unspecified atom stereocenters. The Labute approximate surface area is 155 Å². The van der Waals surface area contributed by atoms with Crippen LogP contribution in [0.5, 0.6) is 0 Å². The fraction of sp³-hybridized carbons (Fsp3) is 0.263. The van der Waals surface area contributed by atoms with Crippen molar-refractivity contribution in [1.29, 1.82) is 0 Å². The van der Waals surface area contributed by atoms with Gasteiger partial charge in [-0.2, -0.15) is 0 Å². The molecule has 3 aromatic rings. The number of hydrogen-bond acceptors (Lipinski definition) is 2. The monoisotopic (exact) mass is 373 g/mol. The number of carbonyl (C=O) groups excluding carboxylic acids is 1. The Balaban J connectivity index is 1.59. The number of nitrogens with zero attached hydrogens (tertiary/aromatic N) is 2. The summed E-state index contributed by atoms with van der Waals surface area (Å²) in [6.07, 6.45) is 4.33. The second-order valence-electron chi connectivity index (χ2n) is 6.49. The maximum Gasteiger partial charge on any atom is 0.227 e. The van der Waals surface area contributed by atoms with Gasteiger partial charge in [0.25, 0.3) is 0 Å². The first kappa shape index (κ1) is 16.4. The molecule has 1 amide bonds. The van der Waals surface area contributed by atoms with E-state index >= 15 is 0 Å². The molecule has 4 rings (SSSR count). The average molecular weight is 374 g/mol. The number of hydrogen-bond donors (Lipinski definition) is 1. The van der Waals surface area contributed by atoms with E-state index in [1.165, 1.54) is 5.56 Å². The van der Waals surface area contributed by atoms with E-state index in [2.05, 4.69) is 28.9 Å². The largest absolute Gasteiger partial charge is 0.324 e. The first-order valence-corrected chi connectivity index (χ1v) is 8.99. The van der Waals surface area contributed by atoms with E-state index in [9.17, 15) is 4.79 Å². The third-order valence-corrected chi connectivity index (χ3v) is 5.24. The number of benzene rings is 1. The first-order chi connectivity index (χ1) is 12.0. The predicted molar refractivity (Wildman–Crippen MR) is 101 cm³/mol. The highest BCUT2D eigenvalue weighted by atomic mass is 35.5. The third-order valence-electron chi connectivity index (χ3n) is 4.67. The normalized spacial score (nSPS) is 16.7. The van der Waals surface area contributed by atoms with Crippen LogP contribution in [-0.4, -0.2) is 15.3 Å². The highest BCUT2D eigenvalue weighted by Gasteiger charge is 2.28. The molecule has 0 saturated heterocycles. The van der Waals surface area contributed by atoms with Crippen LogP contribution < -0.4 is 5.32 Å². The third kappa shape index (κ3) is 3.12. The van der Waals surface area contributed by atoms with E-state index in [-0.39, 0.29) is 11.8 Å². The number of nitrogens with one attached hydrogen (secondary N) is 1. The summed E-state index contributed by atoms with van der Waals surface area (Å²) in [6, 6.07) is 9.14. The summed E-state index contributed by atoms with van der Waals surface area (Å²) in [4.78, 5) is 17.4. The first-order valence-electron chi connectivity index (χ1n) is 8.23. The van der Waals surface area contributed by atoms with Crippen LogP contribution >= 0.6 is 23.2 Å². The van der Waals surface area contributed by atoms with Gasteiger partial charge in [0.05, 0.1) is 16.4 Å². The Morgan fingerprint density at radius 3 is 2.96 bits per heavy atom. The van der Waals surface area contributed by atoms with E-state index in [0.717, 1.165) is 29.9 Å².